The normalized spacial score (nSPS) is 19.7. The minimum Gasteiger partial charge on any atom is -0.240 e. The first kappa shape index (κ1) is 10.7. The maximum absolute atomic E-state index is 3.32. The first-order valence-corrected chi connectivity index (χ1v) is 8.05. The van der Waals surface area contributed by atoms with Crippen LogP contribution >= 0.6 is 30.3 Å². The van der Waals surface area contributed by atoms with Crippen LogP contribution in [0.2, 0.25) is 0 Å². The molecule has 0 fully saturated rings. The van der Waals surface area contributed by atoms with Crippen LogP contribution in [-0.2, 0) is 6.42 Å². The Bertz CT molecular complexity index is 330. The number of aryl methyl sites for hydroxylation is 1. The summed E-state index contributed by atoms with van der Waals surface area (Å²) in [5.41, 5.74) is 7.74. The van der Waals surface area contributed by atoms with Gasteiger partial charge in [-0.15, -0.1) is 0 Å². The van der Waals surface area contributed by atoms with Crippen molar-refractivity contribution in [3.8, 4) is 0 Å². The molecule has 1 aliphatic carbocycles. The molecule has 1 unspecified atom stereocenters. The van der Waals surface area contributed by atoms with Gasteiger partial charge < -0.3 is 0 Å². The highest BCUT2D eigenvalue weighted by molar-refractivity contribution is 14.2. The first-order valence-electron chi connectivity index (χ1n) is 4.69. The van der Waals surface area contributed by atoms with E-state index in [2.05, 4.69) is 56.6 Å². The quantitative estimate of drug-likeness (QED) is 0.508. The Morgan fingerprint density at radius 1 is 1.50 bits per heavy atom. The lowest BCUT2D eigenvalue weighted by Gasteiger charge is -2.13. The largest absolute Gasteiger partial charge is 0.240 e. The van der Waals surface area contributed by atoms with Gasteiger partial charge >= 0.3 is 0 Å². The molecule has 0 aliphatic heterocycles. The van der Waals surface area contributed by atoms with Crippen LogP contribution in [0.25, 0.3) is 0 Å². The van der Waals surface area contributed by atoms with E-state index in [1.165, 1.54) is 29.5 Å². The lowest BCUT2D eigenvalue weighted by atomic mass is 10.0. The molecule has 1 aromatic carbocycles. The van der Waals surface area contributed by atoms with Crippen molar-refractivity contribution in [2.24, 2.45) is 0 Å². The second kappa shape index (κ2) is 4.83. The molecule has 0 saturated carbocycles. The number of nitrogens with one attached hydrogen (secondary N) is 2. The van der Waals surface area contributed by atoms with E-state index in [1.54, 1.807) is 9.12 Å². The van der Waals surface area contributed by atoms with E-state index in [9.17, 15) is 0 Å². The average Bonchev–Trinajstić information content (AvgIpc) is 2.60. The molecular weight excluding hydrogens is 307 g/mol. The smallest absolute Gasteiger partial charge is 0.0477 e. The average molecular weight is 320 g/mol. The van der Waals surface area contributed by atoms with Gasteiger partial charge in [0.15, 0.2) is 0 Å². The second-order valence-corrected chi connectivity index (χ2v) is 5.24. The lowest BCUT2D eigenvalue weighted by Crippen LogP contribution is -2.28. The van der Waals surface area contributed by atoms with Crippen LogP contribution in [0.1, 0.15) is 29.2 Å². The van der Waals surface area contributed by atoms with Gasteiger partial charge in [-0.3, -0.25) is 0 Å². The standard InChI is InChI=1S/C10H13IN2S/c1-7-3-2-4-9-8(7)5-6-10(9)12-13-14-11/h2-4,10,12-13H,5-6H2,1H3. The van der Waals surface area contributed by atoms with Gasteiger partial charge in [-0.2, -0.15) is 4.83 Å². The summed E-state index contributed by atoms with van der Waals surface area (Å²) < 4.78 is 0. The van der Waals surface area contributed by atoms with Crippen LogP contribution < -0.4 is 10.3 Å². The molecule has 0 amide bonds. The number of hydrogen-bond acceptors (Lipinski definition) is 3. The third-order valence-corrected chi connectivity index (χ3v) is 3.63. The zero-order valence-electron chi connectivity index (χ0n) is 8.01. The fourth-order valence-electron chi connectivity index (χ4n) is 2.08. The summed E-state index contributed by atoms with van der Waals surface area (Å²) in [4.78, 5) is 3.10. The van der Waals surface area contributed by atoms with Crippen LogP contribution in [0, 0.1) is 6.92 Å². The first-order chi connectivity index (χ1) is 6.83. The summed E-state index contributed by atoms with van der Waals surface area (Å²) in [5.74, 6) is 0. The maximum Gasteiger partial charge on any atom is 0.0477 e. The third-order valence-electron chi connectivity index (χ3n) is 2.78. The highest BCUT2D eigenvalue weighted by atomic mass is 127. The molecule has 76 valence electrons. The van der Waals surface area contributed by atoms with Crippen molar-refractivity contribution in [1.29, 1.82) is 0 Å². The SMILES string of the molecule is Cc1cccc2c1CCC2NNSI. The molecule has 0 saturated heterocycles. The molecule has 0 bridgehead atoms. The predicted molar refractivity (Wildman–Crippen MR) is 70.1 cm³/mol. The molecule has 0 spiro atoms. The highest BCUT2D eigenvalue weighted by Gasteiger charge is 2.22. The van der Waals surface area contributed by atoms with E-state index >= 15 is 0 Å². The van der Waals surface area contributed by atoms with Crippen LogP contribution in [0.3, 0.4) is 0 Å². The minimum absolute atomic E-state index is 0.479. The van der Waals surface area contributed by atoms with Gasteiger partial charge in [0.1, 0.15) is 0 Å². The molecule has 1 atom stereocenters. The van der Waals surface area contributed by atoms with Gasteiger partial charge in [-0.25, -0.2) is 5.43 Å². The Labute approximate surface area is 101 Å². The van der Waals surface area contributed by atoms with Crippen LogP contribution in [0.4, 0.5) is 0 Å². The topological polar surface area (TPSA) is 24.1 Å². The molecule has 1 aromatic rings. The van der Waals surface area contributed by atoms with E-state index in [0.717, 1.165) is 0 Å². The number of halogens is 1. The molecule has 2 N–H and O–H groups in total. The van der Waals surface area contributed by atoms with Crippen molar-refractivity contribution in [1.82, 2.24) is 10.3 Å². The van der Waals surface area contributed by atoms with Crippen molar-refractivity contribution in [2.45, 2.75) is 25.8 Å². The van der Waals surface area contributed by atoms with Crippen LogP contribution in [-0.4, -0.2) is 0 Å². The molecule has 4 heteroatoms. The zero-order valence-corrected chi connectivity index (χ0v) is 11.0. The summed E-state index contributed by atoms with van der Waals surface area (Å²) >= 11 is 2.22. The fourth-order valence-corrected chi connectivity index (χ4v) is 2.65. The molecule has 0 aromatic heterocycles. The summed E-state index contributed by atoms with van der Waals surface area (Å²) in [5, 5.41) is 0. The second-order valence-electron chi connectivity index (χ2n) is 3.56. The molecule has 1 aliphatic rings. The Balaban J connectivity index is 2.18. The number of rotatable bonds is 3. The van der Waals surface area contributed by atoms with E-state index in [4.69, 9.17) is 0 Å². The van der Waals surface area contributed by atoms with E-state index in [1.807, 2.05) is 0 Å². The highest BCUT2D eigenvalue weighted by Crippen LogP contribution is 2.32. The van der Waals surface area contributed by atoms with Gasteiger partial charge in [0.2, 0.25) is 0 Å². The van der Waals surface area contributed by atoms with Crippen molar-refractivity contribution < 1.29 is 0 Å². The zero-order chi connectivity index (χ0) is 9.97. The van der Waals surface area contributed by atoms with E-state index in [-0.39, 0.29) is 0 Å². The molecule has 2 rings (SSSR count). The van der Waals surface area contributed by atoms with Crippen molar-refractivity contribution >= 4 is 30.3 Å². The van der Waals surface area contributed by atoms with Gasteiger partial charge in [-0.1, -0.05) is 18.2 Å². The molecule has 0 heterocycles. The summed E-state index contributed by atoms with van der Waals surface area (Å²) in [7, 11) is 1.58. The number of hydrazine groups is 1. The monoisotopic (exact) mass is 320 g/mol. The van der Waals surface area contributed by atoms with E-state index in [0.29, 0.717) is 6.04 Å². The lowest BCUT2D eigenvalue weighted by molar-refractivity contribution is 0.523. The Morgan fingerprint density at radius 2 is 2.36 bits per heavy atom. The predicted octanol–water partition coefficient (Wildman–Crippen LogP) is 3.07. The van der Waals surface area contributed by atoms with Crippen LogP contribution in [0.5, 0.6) is 0 Å². The van der Waals surface area contributed by atoms with Crippen molar-refractivity contribution in [3.05, 3.63) is 34.9 Å². The van der Waals surface area contributed by atoms with Crippen molar-refractivity contribution in [2.75, 3.05) is 0 Å². The minimum atomic E-state index is 0.479. The van der Waals surface area contributed by atoms with Gasteiger partial charge in [0.05, 0.1) is 0 Å². The number of fused-ring (bicyclic) bond motifs is 1. The number of benzene rings is 1. The third kappa shape index (κ3) is 2.08. The Hall–Kier alpha value is 0.220. The van der Waals surface area contributed by atoms with E-state index < -0.39 is 0 Å². The molecule has 0 radical (unpaired) electrons. The summed E-state index contributed by atoms with van der Waals surface area (Å²) in [6, 6.07) is 7.05. The van der Waals surface area contributed by atoms with Gasteiger partial charge in [-0.05, 0) is 36.5 Å². The Kier molecular flexibility index (Phi) is 3.70. The summed E-state index contributed by atoms with van der Waals surface area (Å²) in [6.07, 6.45) is 2.40. The maximum atomic E-state index is 3.32. The molecule has 2 nitrogen and oxygen atoms in total. The van der Waals surface area contributed by atoms with Gasteiger partial charge in [0, 0.05) is 36.4 Å². The van der Waals surface area contributed by atoms with Crippen LogP contribution in [0.15, 0.2) is 18.2 Å². The Morgan fingerprint density at radius 3 is 3.14 bits per heavy atom. The number of hydrogen-bond donors (Lipinski definition) is 2. The van der Waals surface area contributed by atoms with Gasteiger partial charge in [0.25, 0.3) is 0 Å². The fraction of sp³-hybridized carbons (Fsp3) is 0.400. The molecular formula is C10H13IN2S. The molecule has 14 heavy (non-hydrogen) atoms. The van der Waals surface area contributed by atoms with Crippen molar-refractivity contribution in [3.63, 3.8) is 0 Å². The summed E-state index contributed by atoms with van der Waals surface area (Å²) in [6.45, 7) is 2.20.